The zero-order chi connectivity index (χ0) is 13.5. The first-order valence-electron chi connectivity index (χ1n) is 6.63. The number of rotatable bonds is 6. The third-order valence-electron chi connectivity index (χ3n) is 3.33. The number of nitrogens with zero attached hydrogens (tertiary/aromatic N) is 1. The SMILES string of the molecule is COc1ccccc1OCCN1CCOCC1CN. The molecule has 2 rings (SSSR count). The minimum atomic E-state index is 0.301. The Morgan fingerprint density at radius 3 is 2.89 bits per heavy atom. The van der Waals surface area contributed by atoms with Gasteiger partial charge in [-0.3, -0.25) is 4.90 Å². The maximum Gasteiger partial charge on any atom is 0.161 e. The summed E-state index contributed by atoms with van der Waals surface area (Å²) in [5.74, 6) is 1.54. The minimum absolute atomic E-state index is 0.301. The Labute approximate surface area is 114 Å². The quantitative estimate of drug-likeness (QED) is 0.823. The van der Waals surface area contributed by atoms with Crippen LogP contribution in [-0.2, 0) is 4.74 Å². The van der Waals surface area contributed by atoms with Gasteiger partial charge in [-0.1, -0.05) is 12.1 Å². The second-order valence-corrected chi connectivity index (χ2v) is 4.50. The number of morpholine rings is 1. The van der Waals surface area contributed by atoms with Crippen LogP contribution in [0.25, 0.3) is 0 Å². The van der Waals surface area contributed by atoms with E-state index in [1.165, 1.54) is 0 Å². The predicted octanol–water partition coefficient (Wildman–Crippen LogP) is 0.733. The van der Waals surface area contributed by atoms with Gasteiger partial charge in [-0.15, -0.1) is 0 Å². The van der Waals surface area contributed by atoms with E-state index in [9.17, 15) is 0 Å². The van der Waals surface area contributed by atoms with Crippen molar-refractivity contribution in [1.29, 1.82) is 0 Å². The molecule has 1 saturated heterocycles. The van der Waals surface area contributed by atoms with E-state index in [4.69, 9.17) is 19.9 Å². The van der Waals surface area contributed by atoms with Crippen molar-refractivity contribution in [1.82, 2.24) is 4.90 Å². The fraction of sp³-hybridized carbons (Fsp3) is 0.571. The highest BCUT2D eigenvalue weighted by Crippen LogP contribution is 2.25. The van der Waals surface area contributed by atoms with E-state index in [0.29, 0.717) is 25.8 Å². The molecule has 0 saturated carbocycles. The molecule has 106 valence electrons. The molecule has 1 heterocycles. The molecule has 1 atom stereocenters. The highest BCUT2D eigenvalue weighted by Gasteiger charge is 2.21. The Kier molecular flexibility index (Phi) is 5.44. The lowest BCUT2D eigenvalue weighted by molar-refractivity contribution is -0.00869. The monoisotopic (exact) mass is 266 g/mol. The van der Waals surface area contributed by atoms with E-state index in [1.807, 2.05) is 24.3 Å². The number of ether oxygens (including phenoxy) is 3. The van der Waals surface area contributed by atoms with Crippen molar-refractivity contribution in [3.63, 3.8) is 0 Å². The van der Waals surface area contributed by atoms with Crippen LogP contribution >= 0.6 is 0 Å². The molecular formula is C14H22N2O3. The van der Waals surface area contributed by atoms with Crippen LogP contribution in [-0.4, -0.2) is 57.5 Å². The van der Waals surface area contributed by atoms with E-state index in [-0.39, 0.29) is 0 Å². The molecule has 19 heavy (non-hydrogen) atoms. The fourth-order valence-corrected chi connectivity index (χ4v) is 2.21. The summed E-state index contributed by atoms with van der Waals surface area (Å²) >= 11 is 0. The van der Waals surface area contributed by atoms with Crippen LogP contribution in [0.2, 0.25) is 0 Å². The van der Waals surface area contributed by atoms with E-state index >= 15 is 0 Å². The second kappa shape index (κ2) is 7.33. The van der Waals surface area contributed by atoms with Gasteiger partial charge in [-0.25, -0.2) is 0 Å². The Hall–Kier alpha value is -1.30. The number of hydrogen-bond donors (Lipinski definition) is 1. The van der Waals surface area contributed by atoms with Gasteiger partial charge in [0.2, 0.25) is 0 Å². The fourth-order valence-electron chi connectivity index (χ4n) is 2.21. The summed E-state index contributed by atoms with van der Waals surface area (Å²) in [7, 11) is 1.65. The standard InChI is InChI=1S/C14H22N2O3/c1-17-13-4-2-3-5-14(13)19-9-7-16-6-8-18-11-12(16)10-15/h2-5,12H,6-11,15H2,1H3. The molecule has 5 heteroatoms. The van der Waals surface area contributed by atoms with Crippen molar-refractivity contribution in [2.45, 2.75) is 6.04 Å². The van der Waals surface area contributed by atoms with Crippen molar-refractivity contribution in [3.8, 4) is 11.5 Å². The maximum atomic E-state index is 5.78. The number of para-hydroxylation sites is 2. The Bertz CT molecular complexity index is 387. The predicted molar refractivity (Wildman–Crippen MR) is 73.7 cm³/mol. The first-order valence-corrected chi connectivity index (χ1v) is 6.63. The third kappa shape index (κ3) is 3.83. The molecule has 0 aliphatic carbocycles. The van der Waals surface area contributed by atoms with Crippen molar-refractivity contribution in [3.05, 3.63) is 24.3 Å². The molecule has 2 N–H and O–H groups in total. The minimum Gasteiger partial charge on any atom is -0.493 e. The maximum absolute atomic E-state index is 5.78. The number of nitrogens with two attached hydrogens (primary N) is 1. The van der Waals surface area contributed by atoms with Crippen molar-refractivity contribution in [2.75, 3.05) is 46.6 Å². The molecule has 0 spiro atoms. The van der Waals surface area contributed by atoms with E-state index in [2.05, 4.69) is 4.90 Å². The lowest BCUT2D eigenvalue weighted by Gasteiger charge is -2.34. The first-order chi connectivity index (χ1) is 9.35. The number of benzene rings is 1. The van der Waals surface area contributed by atoms with Gasteiger partial charge in [0.15, 0.2) is 11.5 Å². The zero-order valence-electron chi connectivity index (χ0n) is 11.4. The molecule has 5 nitrogen and oxygen atoms in total. The number of hydrogen-bond acceptors (Lipinski definition) is 5. The summed E-state index contributed by atoms with van der Waals surface area (Å²) < 4.78 is 16.4. The second-order valence-electron chi connectivity index (χ2n) is 4.50. The molecule has 1 aliphatic heterocycles. The van der Waals surface area contributed by atoms with Gasteiger partial charge in [0.1, 0.15) is 6.61 Å². The molecule has 1 unspecified atom stereocenters. The molecule has 1 fully saturated rings. The van der Waals surface area contributed by atoms with Gasteiger partial charge in [0.05, 0.1) is 20.3 Å². The largest absolute Gasteiger partial charge is 0.493 e. The molecule has 0 radical (unpaired) electrons. The van der Waals surface area contributed by atoms with Crippen molar-refractivity contribution < 1.29 is 14.2 Å². The third-order valence-corrected chi connectivity index (χ3v) is 3.33. The topological polar surface area (TPSA) is 57.0 Å². The summed E-state index contributed by atoms with van der Waals surface area (Å²) in [6, 6.07) is 7.98. The summed E-state index contributed by atoms with van der Waals surface area (Å²) in [6.45, 7) is 4.49. The average Bonchev–Trinajstić information content (AvgIpc) is 2.48. The van der Waals surface area contributed by atoms with Gasteiger partial charge < -0.3 is 19.9 Å². The van der Waals surface area contributed by atoms with Crippen LogP contribution in [0.4, 0.5) is 0 Å². The van der Waals surface area contributed by atoms with Crippen LogP contribution in [0, 0.1) is 0 Å². The lowest BCUT2D eigenvalue weighted by Crippen LogP contribution is -2.50. The summed E-state index contributed by atoms with van der Waals surface area (Å²) in [5, 5.41) is 0. The molecule has 0 aromatic heterocycles. The highest BCUT2D eigenvalue weighted by atomic mass is 16.5. The molecule has 1 aromatic carbocycles. The molecular weight excluding hydrogens is 244 g/mol. The van der Waals surface area contributed by atoms with Crippen LogP contribution in [0.1, 0.15) is 0 Å². The summed E-state index contributed by atoms with van der Waals surface area (Å²) in [6.07, 6.45) is 0. The zero-order valence-corrected chi connectivity index (χ0v) is 11.4. The Morgan fingerprint density at radius 1 is 1.37 bits per heavy atom. The highest BCUT2D eigenvalue weighted by molar-refractivity contribution is 5.39. The van der Waals surface area contributed by atoms with E-state index in [0.717, 1.165) is 31.2 Å². The Morgan fingerprint density at radius 2 is 2.16 bits per heavy atom. The molecule has 0 amide bonds. The van der Waals surface area contributed by atoms with Gasteiger partial charge in [-0.05, 0) is 12.1 Å². The van der Waals surface area contributed by atoms with E-state index in [1.54, 1.807) is 7.11 Å². The molecule has 1 aromatic rings. The van der Waals surface area contributed by atoms with Crippen LogP contribution < -0.4 is 15.2 Å². The van der Waals surface area contributed by atoms with Gasteiger partial charge in [0, 0.05) is 25.7 Å². The number of methoxy groups -OCH3 is 1. The molecule has 1 aliphatic rings. The smallest absolute Gasteiger partial charge is 0.161 e. The Balaban J connectivity index is 1.82. The van der Waals surface area contributed by atoms with Crippen molar-refractivity contribution >= 4 is 0 Å². The van der Waals surface area contributed by atoms with E-state index < -0.39 is 0 Å². The van der Waals surface area contributed by atoms with Crippen molar-refractivity contribution in [2.24, 2.45) is 5.73 Å². The molecule has 0 bridgehead atoms. The van der Waals surface area contributed by atoms with Gasteiger partial charge >= 0.3 is 0 Å². The van der Waals surface area contributed by atoms with Gasteiger partial charge in [0.25, 0.3) is 0 Å². The van der Waals surface area contributed by atoms with Crippen LogP contribution in [0.5, 0.6) is 11.5 Å². The summed E-state index contributed by atoms with van der Waals surface area (Å²) in [4.78, 5) is 2.32. The summed E-state index contributed by atoms with van der Waals surface area (Å²) in [5.41, 5.74) is 5.74. The van der Waals surface area contributed by atoms with Crippen LogP contribution in [0.3, 0.4) is 0 Å². The van der Waals surface area contributed by atoms with Crippen LogP contribution in [0.15, 0.2) is 24.3 Å². The average molecular weight is 266 g/mol. The first kappa shape index (κ1) is 14.1. The lowest BCUT2D eigenvalue weighted by atomic mass is 10.2. The normalized spacial score (nSPS) is 20.2. The van der Waals surface area contributed by atoms with Gasteiger partial charge in [-0.2, -0.15) is 0 Å².